The van der Waals surface area contributed by atoms with E-state index in [1.165, 1.54) is 37.7 Å². The van der Waals surface area contributed by atoms with Gasteiger partial charge in [-0.3, -0.25) is 10.5 Å². The van der Waals surface area contributed by atoms with Crippen LogP contribution in [0.3, 0.4) is 0 Å². The van der Waals surface area contributed by atoms with Crippen molar-refractivity contribution in [1.82, 2.24) is 0 Å². The van der Waals surface area contributed by atoms with Crippen molar-refractivity contribution in [1.29, 1.82) is 0 Å². The van der Waals surface area contributed by atoms with Crippen molar-refractivity contribution in [2.24, 2.45) is 0 Å². The first kappa shape index (κ1) is 13.1. The van der Waals surface area contributed by atoms with Crippen molar-refractivity contribution in [2.75, 3.05) is 0 Å². The maximum atomic E-state index is 6.00. The van der Waals surface area contributed by atoms with Crippen LogP contribution in [0.15, 0.2) is 30.3 Å². The molecular formula is C12H20O2. The van der Waals surface area contributed by atoms with E-state index in [4.69, 9.17) is 10.5 Å². The third-order valence-electron chi connectivity index (χ3n) is 2.16. The van der Waals surface area contributed by atoms with Gasteiger partial charge < -0.3 is 0 Å². The SMILES string of the molecule is CCCCCCc1ccccc1.OO. The van der Waals surface area contributed by atoms with Gasteiger partial charge in [-0.05, 0) is 18.4 Å². The Kier molecular flexibility index (Phi) is 9.59. The second kappa shape index (κ2) is 10.2. The van der Waals surface area contributed by atoms with Crippen LogP contribution in [0.5, 0.6) is 0 Å². The number of hydrogen-bond acceptors (Lipinski definition) is 2. The van der Waals surface area contributed by atoms with Crippen LogP contribution in [0.4, 0.5) is 0 Å². The molecule has 0 spiro atoms. The molecule has 14 heavy (non-hydrogen) atoms. The van der Waals surface area contributed by atoms with E-state index in [0.717, 1.165) is 0 Å². The minimum Gasteiger partial charge on any atom is -0.255 e. The largest absolute Gasteiger partial charge is 0.255 e. The highest BCUT2D eigenvalue weighted by Crippen LogP contribution is 2.06. The van der Waals surface area contributed by atoms with E-state index < -0.39 is 0 Å². The van der Waals surface area contributed by atoms with Gasteiger partial charge in [-0.1, -0.05) is 56.5 Å². The fourth-order valence-corrected chi connectivity index (χ4v) is 1.40. The van der Waals surface area contributed by atoms with Gasteiger partial charge in [0.25, 0.3) is 0 Å². The zero-order valence-electron chi connectivity index (χ0n) is 8.82. The van der Waals surface area contributed by atoms with Gasteiger partial charge in [-0.2, -0.15) is 0 Å². The fourth-order valence-electron chi connectivity index (χ4n) is 1.40. The standard InChI is InChI=1S/C12H18.H2O2/c1-2-3-4-6-9-12-10-7-5-8-11-12;1-2/h5,7-8,10-11H,2-4,6,9H2,1H3;1-2H. The molecule has 0 radical (unpaired) electrons. The second-order valence-corrected chi connectivity index (χ2v) is 3.30. The third-order valence-corrected chi connectivity index (χ3v) is 2.16. The van der Waals surface area contributed by atoms with Gasteiger partial charge in [0.1, 0.15) is 0 Å². The van der Waals surface area contributed by atoms with Crippen molar-refractivity contribution in [3.63, 3.8) is 0 Å². The van der Waals surface area contributed by atoms with E-state index in [0.29, 0.717) is 0 Å². The third kappa shape index (κ3) is 6.63. The minimum atomic E-state index is 1.25. The molecule has 0 unspecified atom stereocenters. The molecule has 1 rings (SSSR count). The molecular weight excluding hydrogens is 176 g/mol. The first-order valence-corrected chi connectivity index (χ1v) is 5.17. The normalized spacial score (nSPS) is 9.07. The topological polar surface area (TPSA) is 40.5 Å². The molecule has 1 aromatic carbocycles. The van der Waals surface area contributed by atoms with E-state index >= 15 is 0 Å². The predicted molar refractivity (Wildman–Crippen MR) is 59.5 cm³/mol. The van der Waals surface area contributed by atoms with Crippen molar-refractivity contribution < 1.29 is 10.5 Å². The van der Waals surface area contributed by atoms with E-state index in [2.05, 4.69) is 37.3 Å². The molecule has 80 valence electrons. The van der Waals surface area contributed by atoms with Crippen LogP contribution in [0, 0.1) is 0 Å². The van der Waals surface area contributed by atoms with Crippen molar-refractivity contribution in [2.45, 2.75) is 39.0 Å². The molecule has 0 saturated carbocycles. The number of aryl methyl sites for hydroxylation is 1. The molecule has 0 atom stereocenters. The van der Waals surface area contributed by atoms with Crippen LogP contribution < -0.4 is 0 Å². The number of unbranched alkanes of at least 4 members (excludes halogenated alkanes) is 3. The first-order valence-electron chi connectivity index (χ1n) is 5.17. The summed E-state index contributed by atoms with van der Waals surface area (Å²) in [6, 6.07) is 10.7. The number of rotatable bonds is 5. The van der Waals surface area contributed by atoms with Crippen molar-refractivity contribution in [3.8, 4) is 0 Å². The Balaban J connectivity index is 0.000000791. The van der Waals surface area contributed by atoms with Crippen molar-refractivity contribution >= 4 is 0 Å². The first-order chi connectivity index (χ1) is 6.93. The lowest BCUT2D eigenvalue weighted by Gasteiger charge is -1.99. The number of benzene rings is 1. The summed E-state index contributed by atoms with van der Waals surface area (Å²) >= 11 is 0. The molecule has 2 N–H and O–H groups in total. The Morgan fingerprint density at radius 1 is 0.929 bits per heavy atom. The Hall–Kier alpha value is -0.860. The molecule has 1 aromatic rings. The summed E-state index contributed by atoms with van der Waals surface area (Å²) in [5.74, 6) is 0. The van der Waals surface area contributed by atoms with E-state index in [1.54, 1.807) is 0 Å². The van der Waals surface area contributed by atoms with Crippen LogP contribution in [-0.4, -0.2) is 10.5 Å². The zero-order valence-corrected chi connectivity index (χ0v) is 8.82. The molecule has 0 heterocycles. The van der Waals surface area contributed by atoms with Crippen LogP contribution >= 0.6 is 0 Å². The van der Waals surface area contributed by atoms with E-state index in [-0.39, 0.29) is 0 Å². The molecule has 0 saturated heterocycles. The molecule has 0 aromatic heterocycles. The summed E-state index contributed by atoms with van der Waals surface area (Å²) in [5, 5.41) is 12.0. The lowest BCUT2D eigenvalue weighted by molar-refractivity contribution is -0.176. The summed E-state index contributed by atoms with van der Waals surface area (Å²) in [6.45, 7) is 2.25. The average Bonchev–Trinajstić information content (AvgIpc) is 2.29. The Bertz CT molecular complexity index is 197. The maximum Gasteiger partial charge on any atom is -0.0279 e. The highest BCUT2D eigenvalue weighted by molar-refractivity contribution is 5.14. The monoisotopic (exact) mass is 196 g/mol. The van der Waals surface area contributed by atoms with Gasteiger partial charge in [0.2, 0.25) is 0 Å². The second-order valence-electron chi connectivity index (χ2n) is 3.30. The van der Waals surface area contributed by atoms with Gasteiger partial charge in [0.05, 0.1) is 0 Å². The van der Waals surface area contributed by atoms with Crippen molar-refractivity contribution in [3.05, 3.63) is 35.9 Å². The molecule has 0 fully saturated rings. The Morgan fingerprint density at radius 2 is 1.57 bits per heavy atom. The lowest BCUT2D eigenvalue weighted by Crippen LogP contribution is -1.84. The minimum absolute atomic E-state index is 1.25. The fraction of sp³-hybridized carbons (Fsp3) is 0.500. The van der Waals surface area contributed by atoms with Gasteiger partial charge in [-0.25, -0.2) is 0 Å². The van der Waals surface area contributed by atoms with Crippen LogP contribution in [0.2, 0.25) is 0 Å². The van der Waals surface area contributed by atoms with Crippen LogP contribution in [0.25, 0.3) is 0 Å². The molecule has 0 aliphatic heterocycles. The van der Waals surface area contributed by atoms with Crippen LogP contribution in [-0.2, 0) is 6.42 Å². The van der Waals surface area contributed by atoms with Gasteiger partial charge >= 0.3 is 0 Å². The summed E-state index contributed by atoms with van der Waals surface area (Å²) in [6.07, 6.45) is 6.69. The van der Waals surface area contributed by atoms with Crippen LogP contribution in [0.1, 0.15) is 38.2 Å². The highest BCUT2D eigenvalue weighted by atomic mass is 17.0. The summed E-state index contributed by atoms with van der Waals surface area (Å²) in [7, 11) is 0. The molecule has 0 aliphatic rings. The average molecular weight is 196 g/mol. The van der Waals surface area contributed by atoms with Gasteiger partial charge in [-0.15, -0.1) is 0 Å². The molecule has 0 bridgehead atoms. The Labute approximate surface area is 86.1 Å². The van der Waals surface area contributed by atoms with E-state index in [1.807, 2.05) is 0 Å². The lowest BCUT2D eigenvalue weighted by atomic mass is 10.1. The maximum absolute atomic E-state index is 6.00. The molecule has 0 amide bonds. The summed E-state index contributed by atoms with van der Waals surface area (Å²) < 4.78 is 0. The zero-order chi connectivity index (χ0) is 10.6. The number of hydrogen-bond donors (Lipinski definition) is 2. The van der Waals surface area contributed by atoms with E-state index in [9.17, 15) is 0 Å². The molecule has 0 aliphatic carbocycles. The Morgan fingerprint density at radius 3 is 2.14 bits per heavy atom. The molecule has 2 heteroatoms. The summed E-state index contributed by atoms with van der Waals surface area (Å²) in [4.78, 5) is 0. The predicted octanol–water partition coefficient (Wildman–Crippen LogP) is 3.83. The van der Waals surface area contributed by atoms with Gasteiger partial charge in [0.15, 0.2) is 0 Å². The highest BCUT2D eigenvalue weighted by Gasteiger charge is 1.90. The van der Waals surface area contributed by atoms with Gasteiger partial charge in [0, 0.05) is 0 Å². The summed E-state index contributed by atoms with van der Waals surface area (Å²) in [5.41, 5.74) is 1.48. The molecule has 2 nitrogen and oxygen atoms in total. The quantitative estimate of drug-likeness (QED) is 0.427. The smallest absolute Gasteiger partial charge is 0.0279 e.